The Bertz CT molecular complexity index is 2700. The van der Waals surface area contributed by atoms with Gasteiger partial charge in [0.15, 0.2) is 0 Å². The Balaban J connectivity index is 0.839. The Morgan fingerprint density at radius 2 is 1.51 bits per heavy atom. The van der Waals surface area contributed by atoms with E-state index in [4.69, 9.17) is 30.2 Å². The molecule has 1 aromatic heterocycles. The molecule has 0 spiro atoms. The predicted octanol–water partition coefficient (Wildman–Crippen LogP) is 8.26. The molecule has 2 aliphatic rings. The average molecular weight is 973 g/mol. The second kappa shape index (κ2) is 21.1. The van der Waals surface area contributed by atoms with Crippen LogP contribution >= 0.6 is 11.6 Å². The topological polar surface area (TPSA) is 192 Å². The summed E-state index contributed by atoms with van der Waals surface area (Å²) in [6.07, 6.45) is 0.613. The Hall–Kier alpha value is -6.66. The number of β-amino-alcohol motifs (C(OH)–C–C–N with tert-alkyl or cyclic N) is 1. The van der Waals surface area contributed by atoms with Gasteiger partial charge >= 0.3 is 0 Å². The SMILES string of the molecule is Cc1ccoc1-c1ccc(CNC(=O)[C@@H]2C[C@@H](O)CN2C(=O)[C@@H](NC(=O)COCCOc2ccc(-c3ccc(C(=O)NC4C(C)(C)C(Oc5ccc(C#N)c(Cl)c5)C4(C)C)cc3)cc2)C(C)(C)C)cc1. The highest BCUT2D eigenvalue weighted by Gasteiger charge is 2.64. The molecule has 1 aliphatic heterocycles. The fourth-order valence-electron chi connectivity index (χ4n) is 9.82. The van der Waals surface area contributed by atoms with Crippen LogP contribution in [0.1, 0.15) is 81.9 Å². The molecule has 5 aromatic rings. The van der Waals surface area contributed by atoms with Crippen molar-refractivity contribution in [3.63, 3.8) is 0 Å². The summed E-state index contributed by atoms with van der Waals surface area (Å²) in [6, 6.07) is 29.4. The highest BCUT2D eigenvalue weighted by molar-refractivity contribution is 6.31. The second-order valence-corrected chi connectivity index (χ2v) is 20.8. The molecule has 0 radical (unpaired) electrons. The number of furan rings is 1. The molecule has 4 aromatic carbocycles. The van der Waals surface area contributed by atoms with Crippen molar-refractivity contribution in [3.05, 3.63) is 131 Å². The van der Waals surface area contributed by atoms with E-state index in [1.54, 1.807) is 36.6 Å². The van der Waals surface area contributed by atoms with Gasteiger partial charge < -0.3 is 44.6 Å². The van der Waals surface area contributed by atoms with Gasteiger partial charge in [-0.05, 0) is 77.1 Å². The summed E-state index contributed by atoms with van der Waals surface area (Å²) in [6.45, 7) is 15.8. The minimum absolute atomic E-state index is 0.0341. The number of ether oxygens (including phenoxy) is 3. The van der Waals surface area contributed by atoms with Gasteiger partial charge in [0.1, 0.15) is 54.7 Å². The second-order valence-electron chi connectivity index (χ2n) is 20.4. The summed E-state index contributed by atoms with van der Waals surface area (Å²) < 4.78 is 23.4. The smallest absolute Gasteiger partial charge is 0.251 e. The monoisotopic (exact) mass is 971 g/mol. The number of likely N-dealkylation sites (tertiary alicyclic amines) is 1. The summed E-state index contributed by atoms with van der Waals surface area (Å²) in [7, 11) is 0. The van der Waals surface area contributed by atoms with Gasteiger partial charge in [-0.2, -0.15) is 5.26 Å². The lowest BCUT2D eigenvalue weighted by molar-refractivity contribution is -0.164. The number of nitrogens with zero attached hydrogens (tertiary/aromatic N) is 2. The highest BCUT2D eigenvalue weighted by Crippen LogP contribution is 2.55. The number of carbonyl (C=O) groups excluding carboxylic acids is 4. The van der Waals surface area contributed by atoms with Gasteiger partial charge in [0.25, 0.3) is 5.91 Å². The molecular weight excluding hydrogens is 910 g/mol. The van der Waals surface area contributed by atoms with Gasteiger partial charge in [-0.15, -0.1) is 0 Å². The number of carbonyl (C=O) groups is 4. The minimum atomic E-state index is -0.991. The highest BCUT2D eigenvalue weighted by atomic mass is 35.5. The summed E-state index contributed by atoms with van der Waals surface area (Å²) in [5.41, 5.74) is 4.05. The van der Waals surface area contributed by atoms with Gasteiger partial charge in [0, 0.05) is 53.6 Å². The molecule has 14 nitrogen and oxygen atoms in total. The fraction of sp³-hybridized carbons (Fsp3) is 0.400. The summed E-state index contributed by atoms with van der Waals surface area (Å²) >= 11 is 6.25. The first-order valence-corrected chi connectivity index (χ1v) is 23.8. The summed E-state index contributed by atoms with van der Waals surface area (Å²) in [5, 5.41) is 29.1. The van der Waals surface area contributed by atoms with Crippen molar-refractivity contribution >= 4 is 35.2 Å². The molecule has 2 heterocycles. The quantitative estimate of drug-likeness (QED) is 0.0660. The largest absolute Gasteiger partial charge is 0.491 e. The number of aliphatic hydroxyl groups excluding tert-OH is 1. The zero-order valence-electron chi connectivity index (χ0n) is 40.9. The minimum Gasteiger partial charge on any atom is -0.491 e. The van der Waals surface area contributed by atoms with E-state index in [1.807, 2.05) is 94.4 Å². The van der Waals surface area contributed by atoms with Gasteiger partial charge in [-0.3, -0.25) is 19.2 Å². The van der Waals surface area contributed by atoms with Gasteiger partial charge in [-0.25, -0.2) is 0 Å². The first-order valence-electron chi connectivity index (χ1n) is 23.4. The van der Waals surface area contributed by atoms with Crippen molar-refractivity contribution in [2.75, 3.05) is 26.4 Å². The summed E-state index contributed by atoms with van der Waals surface area (Å²) in [5.74, 6) is 0.417. The number of aryl methyl sites for hydroxylation is 1. The standard InChI is InChI=1S/C55H62ClN5O9/c1-33-23-24-69-46(33)37-11-9-34(10-12-37)30-58-49(65)44-27-40(62)31-61(44)50(66)47(53(2,3)4)59-45(63)32-67-25-26-68-41-20-17-36(18-21-41)35-13-15-38(16-14-35)48(64)60-51-54(5,6)52(55(51,7)8)70-42-22-19-39(29-57)43(56)28-42/h9-24,28,40,44,47,51-52,62H,25-27,30-32H2,1-8H3,(H,58,65)(H,59,63)(H,60,64)/t40-,44+,47-,51?,52?/m1/s1. The van der Waals surface area contributed by atoms with Gasteiger partial charge in [0.05, 0.1) is 29.6 Å². The number of benzene rings is 4. The Labute approximate surface area is 414 Å². The van der Waals surface area contributed by atoms with E-state index >= 15 is 0 Å². The van der Waals surface area contributed by atoms with Crippen LogP contribution in [0.4, 0.5) is 0 Å². The number of hydrogen-bond acceptors (Lipinski definition) is 10. The zero-order chi connectivity index (χ0) is 50.5. The summed E-state index contributed by atoms with van der Waals surface area (Å²) in [4.78, 5) is 55.4. The van der Waals surface area contributed by atoms with Crippen LogP contribution in [0.15, 0.2) is 108 Å². The van der Waals surface area contributed by atoms with Crippen LogP contribution in [0.5, 0.6) is 11.5 Å². The molecule has 4 amide bonds. The molecule has 3 atom stereocenters. The van der Waals surface area contributed by atoms with Crippen LogP contribution < -0.4 is 25.4 Å². The van der Waals surface area contributed by atoms with Gasteiger partial charge in [-0.1, -0.05) is 109 Å². The maximum atomic E-state index is 14.0. The van der Waals surface area contributed by atoms with Crippen molar-refractivity contribution in [2.24, 2.45) is 16.2 Å². The van der Waals surface area contributed by atoms with E-state index in [1.165, 1.54) is 4.90 Å². The molecule has 4 N–H and O–H groups in total. The average Bonchev–Trinajstić information content (AvgIpc) is 3.95. The molecule has 0 unspecified atom stereocenters. The van der Waals surface area contributed by atoms with Crippen molar-refractivity contribution < 1.29 is 42.9 Å². The van der Waals surface area contributed by atoms with Crippen molar-refractivity contribution in [3.8, 4) is 40.0 Å². The van der Waals surface area contributed by atoms with E-state index < -0.39 is 52.2 Å². The van der Waals surface area contributed by atoms with Crippen LogP contribution in [-0.4, -0.2) is 90.3 Å². The molecule has 1 aliphatic carbocycles. The number of aliphatic hydroxyl groups is 1. The molecule has 0 bridgehead atoms. The van der Waals surface area contributed by atoms with Crippen LogP contribution in [0.25, 0.3) is 22.5 Å². The number of nitriles is 1. The van der Waals surface area contributed by atoms with Crippen LogP contribution in [0.3, 0.4) is 0 Å². The maximum absolute atomic E-state index is 14.0. The predicted molar refractivity (Wildman–Crippen MR) is 266 cm³/mol. The number of rotatable bonds is 17. The van der Waals surface area contributed by atoms with E-state index in [2.05, 4.69) is 49.7 Å². The molecule has 7 rings (SSSR count). The third-order valence-electron chi connectivity index (χ3n) is 13.3. The molecule has 1 saturated carbocycles. The molecule has 70 heavy (non-hydrogen) atoms. The normalized spacial score (nSPS) is 19.5. The van der Waals surface area contributed by atoms with Gasteiger partial charge in [0.2, 0.25) is 17.7 Å². The van der Waals surface area contributed by atoms with E-state index in [0.717, 1.165) is 33.6 Å². The molecule has 15 heteroatoms. The molecule has 2 fully saturated rings. The lowest BCUT2D eigenvalue weighted by Gasteiger charge is -2.63. The Morgan fingerprint density at radius 3 is 2.11 bits per heavy atom. The third-order valence-corrected chi connectivity index (χ3v) is 13.6. The molecule has 368 valence electrons. The lowest BCUT2D eigenvalue weighted by atomic mass is 9.49. The number of hydrogen-bond donors (Lipinski definition) is 4. The Morgan fingerprint density at radius 1 is 0.886 bits per heavy atom. The number of nitrogens with one attached hydrogen (secondary N) is 3. The first-order chi connectivity index (χ1) is 33.2. The first kappa shape index (κ1) is 51.2. The van der Waals surface area contributed by atoms with Crippen LogP contribution in [0, 0.1) is 34.5 Å². The van der Waals surface area contributed by atoms with E-state index in [0.29, 0.717) is 27.6 Å². The third kappa shape index (κ3) is 11.5. The zero-order valence-corrected chi connectivity index (χ0v) is 41.7. The van der Waals surface area contributed by atoms with Crippen molar-refractivity contribution in [1.29, 1.82) is 5.26 Å². The van der Waals surface area contributed by atoms with Crippen LogP contribution in [-0.2, 0) is 25.7 Å². The lowest BCUT2D eigenvalue weighted by Crippen LogP contribution is -2.74. The fourth-order valence-corrected chi connectivity index (χ4v) is 10.0. The van der Waals surface area contributed by atoms with E-state index in [9.17, 15) is 29.5 Å². The van der Waals surface area contributed by atoms with E-state index in [-0.39, 0.29) is 57.4 Å². The molecule has 1 saturated heterocycles. The van der Waals surface area contributed by atoms with Crippen molar-refractivity contribution in [2.45, 2.75) is 98.7 Å². The van der Waals surface area contributed by atoms with Crippen molar-refractivity contribution in [1.82, 2.24) is 20.9 Å². The number of amides is 4. The molecular formula is C55H62ClN5O9. The maximum Gasteiger partial charge on any atom is 0.251 e. The van der Waals surface area contributed by atoms with Crippen LogP contribution in [0.2, 0.25) is 5.02 Å². The Kier molecular flexibility index (Phi) is 15.5. The number of halogens is 1.